The maximum absolute atomic E-state index is 14.3. The lowest BCUT2D eigenvalue weighted by Crippen LogP contribution is -2.43. The number of hydrogen-bond donors (Lipinski definition) is 2. The molecule has 0 spiro atoms. The van der Waals surface area contributed by atoms with Crippen molar-refractivity contribution in [2.75, 3.05) is 5.32 Å². The van der Waals surface area contributed by atoms with Crippen molar-refractivity contribution in [2.45, 2.75) is 44.0 Å². The second kappa shape index (κ2) is 8.81. The third-order valence-electron chi connectivity index (χ3n) is 5.63. The van der Waals surface area contributed by atoms with Gasteiger partial charge in [0.1, 0.15) is 5.82 Å². The zero-order chi connectivity index (χ0) is 21.2. The van der Waals surface area contributed by atoms with Crippen molar-refractivity contribution in [1.82, 2.24) is 4.72 Å². The molecule has 8 heteroatoms. The van der Waals surface area contributed by atoms with Crippen LogP contribution in [0.3, 0.4) is 0 Å². The molecule has 0 aliphatic heterocycles. The van der Waals surface area contributed by atoms with Crippen molar-refractivity contribution >= 4 is 33.2 Å². The van der Waals surface area contributed by atoms with E-state index in [0.29, 0.717) is 16.6 Å². The molecule has 2 aromatic rings. The molecule has 2 N–H and O–H groups in total. The summed E-state index contributed by atoms with van der Waals surface area (Å²) in [6, 6.07) is 9.56. The van der Waals surface area contributed by atoms with E-state index in [9.17, 15) is 17.6 Å². The van der Waals surface area contributed by atoms with Crippen LogP contribution in [-0.2, 0) is 10.0 Å². The van der Waals surface area contributed by atoms with Gasteiger partial charge >= 0.3 is 0 Å². The first kappa shape index (κ1) is 21.7. The Labute approximate surface area is 175 Å². The lowest BCUT2D eigenvalue weighted by molar-refractivity contribution is 0.102. The van der Waals surface area contributed by atoms with Gasteiger partial charge in [-0.05, 0) is 48.6 Å². The number of nitrogens with one attached hydrogen (secondary N) is 2. The van der Waals surface area contributed by atoms with Gasteiger partial charge in [-0.3, -0.25) is 4.79 Å². The molecule has 1 amide bonds. The summed E-state index contributed by atoms with van der Waals surface area (Å²) in [7, 11) is -3.89. The van der Waals surface area contributed by atoms with Crippen LogP contribution in [0.5, 0.6) is 0 Å². The fourth-order valence-electron chi connectivity index (χ4n) is 3.61. The summed E-state index contributed by atoms with van der Waals surface area (Å²) in [6.07, 6.45) is 2.78. The molecular weight excluding hydrogens is 415 g/mol. The topological polar surface area (TPSA) is 75.3 Å². The van der Waals surface area contributed by atoms with E-state index in [2.05, 4.69) is 17.0 Å². The van der Waals surface area contributed by atoms with E-state index >= 15 is 0 Å². The van der Waals surface area contributed by atoms with E-state index in [0.717, 1.165) is 31.4 Å². The van der Waals surface area contributed by atoms with Crippen LogP contribution in [0.4, 0.5) is 10.1 Å². The highest BCUT2D eigenvalue weighted by Crippen LogP contribution is 2.30. The first-order valence-corrected chi connectivity index (χ1v) is 11.4. The minimum absolute atomic E-state index is 0.145. The number of sulfonamides is 1. The first-order chi connectivity index (χ1) is 13.7. The largest absolute Gasteiger partial charge is 0.321 e. The fourth-order valence-corrected chi connectivity index (χ4v) is 5.18. The Hall–Kier alpha value is -1.96. The van der Waals surface area contributed by atoms with E-state index in [1.54, 1.807) is 24.3 Å². The van der Waals surface area contributed by atoms with Crippen LogP contribution in [0.2, 0.25) is 5.02 Å². The van der Waals surface area contributed by atoms with E-state index in [1.165, 1.54) is 6.07 Å². The molecule has 5 nitrogen and oxygen atoms in total. The average molecular weight is 439 g/mol. The smallest absolute Gasteiger partial charge is 0.258 e. The molecule has 0 radical (unpaired) electrons. The van der Waals surface area contributed by atoms with Gasteiger partial charge < -0.3 is 5.32 Å². The Balaban J connectivity index is 1.84. The van der Waals surface area contributed by atoms with Crippen LogP contribution < -0.4 is 10.0 Å². The molecule has 0 bridgehead atoms. The standard InChI is InChI=1S/C21H24ClFN2O3S/c1-13-6-5-9-19(14(13)2)25-29(27,28)15-10-11-18(23)16(12-15)21(26)24-20-8-4-3-7-17(20)22/h3-4,7-8,10-14,19,25H,5-6,9H2,1-2H3,(H,24,26)/t13-,14-,19-/m1/s1. The quantitative estimate of drug-likeness (QED) is 0.701. The molecule has 3 atom stereocenters. The number of anilines is 1. The van der Waals surface area contributed by atoms with Gasteiger partial charge in [0.15, 0.2) is 0 Å². The number of carbonyl (C=O) groups is 1. The number of para-hydroxylation sites is 1. The second-order valence-electron chi connectivity index (χ2n) is 7.57. The molecule has 2 aromatic carbocycles. The van der Waals surface area contributed by atoms with Gasteiger partial charge in [-0.25, -0.2) is 17.5 Å². The average Bonchev–Trinajstić information content (AvgIpc) is 2.67. The number of benzene rings is 2. The molecule has 0 unspecified atom stereocenters. The summed E-state index contributed by atoms with van der Waals surface area (Å²) in [5, 5.41) is 2.81. The van der Waals surface area contributed by atoms with Crippen LogP contribution in [-0.4, -0.2) is 20.4 Å². The van der Waals surface area contributed by atoms with Gasteiger partial charge in [0.2, 0.25) is 10.0 Å². The van der Waals surface area contributed by atoms with Gasteiger partial charge in [0.25, 0.3) is 5.91 Å². The summed E-state index contributed by atoms with van der Waals surface area (Å²) < 4.78 is 42.7. The molecule has 1 aliphatic rings. The SMILES string of the molecule is C[C@@H]1[C@H](C)CCC[C@H]1NS(=O)(=O)c1ccc(F)c(C(=O)Nc2ccccc2Cl)c1. The third-order valence-corrected chi connectivity index (χ3v) is 7.45. The van der Waals surface area contributed by atoms with Crippen molar-refractivity contribution in [3.05, 3.63) is 58.9 Å². The fraction of sp³-hybridized carbons (Fsp3) is 0.381. The summed E-state index contributed by atoms with van der Waals surface area (Å²) >= 11 is 6.02. The number of amides is 1. The van der Waals surface area contributed by atoms with Crippen molar-refractivity contribution in [1.29, 1.82) is 0 Å². The van der Waals surface area contributed by atoms with Crippen LogP contribution in [0, 0.1) is 17.7 Å². The van der Waals surface area contributed by atoms with Crippen molar-refractivity contribution in [3.8, 4) is 0 Å². The van der Waals surface area contributed by atoms with Crippen molar-refractivity contribution in [2.24, 2.45) is 11.8 Å². The summed E-state index contributed by atoms with van der Waals surface area (Å²) in [4.78, 5) is 12.4. The number of halogens is 2. The minimum Gasteiger partial charge on any atom is -0.321 e. The van der Waals surface area contributed by atoms with E-state index < -0.39 is 21.7 Å². The van der Waals surface area contributed by atoms with Crippen LogP contribution in [0.15, 0.2) is 47.4 Å². The molecule has 3 rings (SSSR count). The molecule has 1 aliphatic carbocycles. The molecule has 29 heavy (non-hydrogen) atoms. The van der Waals surface area contributed by atoms with Gasteiger partial charge in [-0.2, -0.15) is 0 Å². The zero-order valence-electron chi connectivity index (χ0n) is 16.3. The predicted octanol–water partition coefficient (Wildman–Crippen LogP) is 4.83. The van der Waals surface area contributed by atoms with Crippen LogP contribution in [0.1, 0.15) is 43.5 Å². The highest BCUT2D eigenvalue weighted by molar-refractivity contribution is 7.89. The van der Waals surface area contributed by atoms with E-state index in [1.807, 2.05) is 6.92 Å². The summed E-state index contributed by atoms with van der Waals surface area (Å²) in [5.74, 6) is -0.968. The highest BCUT2D eigenvalue weighted by Gasteiger charge is 2.31. The molecule has 0 aromatic heterocycles. The van der Waals surface area contributed by atoms with Gasteiger partial charge in [0.05, 0.1) is 21.2 Å². The number of rotatable bonds is 5. The number of carbonyl (C=O) groups excluding carboxylic acids is 1. The summed E-state index contributed by atoms with van der Waals surface area (Å²) in [5.41, 5.74) is -0.0483. The van der Waals surface area contributed by atoms with Crippen molar-refractivity contribution in [3.63, 3.8) is 0 Å². The molecular formula is C21H24ClFN2O3S. The number of hydrogen-bond acceptors (Lipinski definition) is 3. The second-order valence-corrected chi connectivity index (χ2v) is 9.69. The first-order valence-electron chi connectivity index (χ1n) is 9.57. The van der Waals surface area contributed by atoms with E-state index in [4.69, 9.17) is 11.6 Å². The maximum atomic E-state index is 14.3. The van der Waals surface area contributed by atoms with Crippen LogP contribution in [0.25, 0.3) is 0 Å². The monoisotopic (exact) mass is 438 g/mol. The van der Waals surface area contributed by atoms with Gasteiger partial charge in [-0.15, -0.1) is 0 Å². The Morgan fingerprint density at radius 1 is 1.14 bits per heavy atom. The third kappa shape index (κ3) is 4.97. The maximum Gasteiger partial charge on any atom is 0.258 e. The Morgan fingerprint density at radius 3 is 2.59 bits per heavy atom. The lowest BCUT2D eigenvalue weighted by Gasteiger charge is -2.34. The minimum atomic E-state index is -3.89. The lowest BCUT2D eigenvalue weighted by atomic mass is 9.78. The molecule has 0 saturated heterocycles. The van der Waals surface area contributed by atoms with Crippen LogP contribution >= 0.6 is 11.6 Å². The highest BCUT2D eigenvalue weighted by atomic mass is 35.5. The zero-order valence-corrected chi connectivity index (χ0v) is 17.9. The normalized spacial score (nSPS) is 22.3. The molecule has 1 saturated carbocycles. The molecule has 0 heterocycles. The van der Waals surface area contributed by atoms with Gasteiger partial charge in [-0.1, -0.05) is 50.4 Å². The molecule has 156 valence electrons. The predicted molar refractivity (Wildman–Crippen MR) is 112 cm³/mol. The van der Waals surface area contributed by atoms with Gasteiger partial charge in [0, 0.05) is 6.04 Å². The van der Waals surface area contributed by atoms with E-state index in [-0.39, 0.29) is 22.4 Å². The Kier molecular flexibility index (Phi) is 6.61. The summed E-state index contributed by atoms with van der Waals surface area (Å²) in [6.45, 7) is 4.14. The Bertz CT molecular complexity index is 1010. The van der Waals surface area contributed by atoms with Crippen molar-refractivity contribution < 1.29 is 17.6 Å². The molecule has 1 fully saturated rings. The Morgan fingerprint density at radius 2 is 1.86 bits per heavy atom.